The predicted octanol–water partition coefficient (Wildman–Crippen LogP) is 4.61. The number of hydrogen-bond donors (Lipinski definition) is 0. The molecule has 0 unspecified atom stereocenters. The van der Waals surface area contributed by atoms with Gasteiger partial charge >= 0.3 is 0 Å². The first-order chi connectivity index (χ1) is 10.3. The Balaban J connectivity index is 2.21. The van der Waals surface area contributed by atoms with Crippen LogP contribution in [0.2, 0.25) is 0 Å². The van der Waals surface area contributed by atoms with Gasteiger partial charge in [0.2, 0.25) is 0 Å². The lowest BCUT2D eigenvalue weighted by molar-refractivity contribution is 0.322. The lowest BCUT2D eigenvalue weighted by Gasteiger charge is -2.14. The quantitative estimate of drug-likeness (QED) is 0.662. The molecule has 0 aliphatic heterocycles. The van der Waals surface area contributed by atoms with E-state index in [1.165, 1.54) is 0 Å². The number of rotatable bonds is 8. The second-order valence-electron chi connectivity index (χ2n) is 4.19. The SMILES string of the molecule is C=CCOc1ccccc1Oc1ccccc1OCC=C. The molecule has 0 atom stereocenters. The van der Waals surface area contributed by atoms with Gasteiger partial charge in [-0.25, -0.2) is 0 Å². The van der Waals surface area contributed by atoms with Crippen molar-refractivity contribution in [2.75, 3.05) is 13.2 Å². The summed E-state index contributed by atoms with van der Waals surface area (Å²) in [5.74, 6) is 2.59. The fourth-order valence-corrected chi connectivity index (χ4v) is 1.72. The van der Waals surface area contributed by atoms with Crippen LogP contribution >= 0.6 is 0 Å². The molecule has 3 heteroatoms. The van der Waals surface area contributed by atoms with Crippen molar-refractivity contribution in [1.29, 1.82) is 0 Å². The van der Waals surface area contributed by atoms with Crippen molar-refractivity contribution in [3.8, 4) is 23.0 Å². The van der Waals surface area contributed by atoms with Crippen LogP contribution in [0.3, 0.4) is 0 Å². The van der Waals surface area contributed by atoms with E-state index in [-0.39, 0.29) is 0 Å². The molecular formula is C18H18O3. The minimum absolute atomic E-state index is 0.426. The molecule has 2 rings (SSSR count). The van der Waals surface area contributed by atoms with Crippen LogP contribution in [0.1, 0.15) is 0 Å². The van der Waals surface area contributed by atoms with E-state index in [4.69, 9.17) is 14.2 Å². The highest BCUT2D eigenvalue weighted by Crippen LogP contribution is 2.36. The third-order valence-electron chi connectivity index (χ3n) is 2.63. The minimum atomic E-state index is 0.426. The summed E-state index contributed by atoms with van der Waals surface area (Å²) in [6, 6.07) is 15.0. The lowest BCUT2D eigenvalue weighted by Crippen LogP contribution is -1.98. The van der Waals surface area contributed by atoms with Gasteiger partial charge < -0.3 is 14.2 Å². The predicted molar refractivity (Wildman–Crippen MR) is 84.3 cm³/mol. The van der Waals surface area contributed by atoms with Crippen molar-refractivity contribution in [3.05, 3.63) is 73.8 Å². The van der Waals surface area contributed by atoms with Crippen molar-refractivity contribution in [2.45, 2.75) is 0 Å². The summed E-state index contributed by atoms with van der Waals surface area (Å²) in [7, 11) is 0. The monoisotopic (exact) mass is 282 g/mol. The van der Waals surface area contributed by atoms with Gasteiger partial charge in [0.05, 0.1) is 0 Å². The molecule has 0 aliphatic rings. The maximum atomic E-state index is 5.92. The van der Waals surface area contributed by atoms with Crippen molar-refractivity contribution in [2.24, 2.45) is 0 Å². The van der Waals surface area contributed by atoms with Crippen LogP contribution in [0.25, 0.3) is 0 Å². The van der Waals surface area contributed by atoms with Gasteiger partial charge in [-0.05, 0) is 24.3 Å². The van der Waals surface area contributed by atoms with Crippen LogP contribution in [0.4, 0.5) is 0 Å². The molecule has 2 aromatic carbocycles. The largest absolute Gasteiger partial charge is 0.486 e. The molecule has 0 fully saturated rings. The van der Waals surface area contributed by atoms with Crippen LogP contribution in [-0.2, 0) is 0 Å². The summed E-state index contributed by atoms with van der Waals surface area (Å²) < 4.78 is 17.1. The molecule has 2 aromatic rings. The van der Waals surface area contributed by atoms with Gasteiger partial charge in [0.15, 0.2) is 23.0 Å². The highest BCUT2D eigenvalue weighted by Gasteiger charge is 2.09. The van der Waals surface area contributed by atoms with Gasteiger partial charge in [0.25, 0.3) is 0 Å². The standard InChI is InChI=1S/C18H18O3/c1-3-13-19-15-9-5-7-11-17(15)21-18-12-8-6-10-16(18)20-14-4-2/h3-12H,1-2,13-14H2. The van der Waals surface area contributed by atoms with Gasteiger partial charge in [-0.15, -0.1) is 0 Å². The second-order valence-corrected chi connectivity index (χ2v) is 4.19. The Morgan fingerprint density at radius 1 is 0.667 bits per heavy atom. The molecule has 0 radical (unpaired) electrons. The van der Waals surface area contributed by atoms with Gasteiger partial charge in [0.1, 0.15) is 13.2 Å². The Hall–Kier alpha value is -2.68. The van der Waals surface area contributed by atoms with Crippen molar-refractivity contribution in [3.63, 3.8) is 0 Å². The molecule has 0 bridgehead atoms. The number of hydrogen-bond acceptors (Lipinski definition) is 3. The molecule has 0 heterocycles. The highest BCUT2D eigenvalue weighted by atomic mass is 16.5. The van der Waals surface area contributed by atoms with Crippen LogP contribution < -0.4 is 14.2 Å². The second kappa shape index (κ2) is 7.80. The number of ether oxygens (including phenoxy) is 3. The lowest BCUT2D eigenvalue weighted by atomic mass is 10.3. The Bertz CT molecular complexity index is 551. The molecule has 0 saturated carbocycles. The van der Waals surface area contributed by atoms with E-state index >= 15 is 0 Å². The van der Waals surface area contributed by atoms with Crippen LogP contribution in [0.15, 0.2) is 73.8 Å². The van der Waals surface area contributed by atoms with Gasteiger partial charge in [-0.3, -0.25) is 0 Å². The Kier molecular flexibility index (Phi) is 5.47. The highest BCUT2D eigenvalue weighted by molar-refractivity contribution is 5.47. The molecule has 0 aliphatic carbocycles. The molecule has 108 valence electrons. The molecule has 0 N–H and O–H groups in total. The van der Waals surface area contributed by atoms with Crippen LogP contribution in [0, 0.1) is 0 Å². The maximum Gasteiger partial charge on any atom is 0.169 e. The summed E-state index contributed by atoms with van der Waals surface area (Å²) >= 11 is 0. The van der Waals surface area contributed by atoms with Gasteiger partial charge in [-0.2, -0.15) is 0 Å². The zero-order valence-corrected chi connectivity index (χ0v) is 11.8. The summed E-state index contributed by atoms with van der Waals surface area (Å²) in [5.41, 5.74) is 0. The maximum absolute atomic E-state index is 5.92. The Labute approximate surface area is 125 Å². The van der Waals surface area contributed by atoms with Gasteiger partial charge in [-0.1, -0.05) is 49.6 Å². The van der Waals surface area contributed by atoms with E-state index < -0.39 is 0 Å². The molecule has 0 saturated heterocycles. The molecule has 21 heavy (non-hydrogen) atoms. The fourth-order valence-electron chi connectivity index (χ4n) is 1.72. The molecule has 0 amide bonds. The molecule has 0 aromatic heterocycles. The average molecular weight is 282 g/mol. The van der Waals surface area contributed by atoms with E-state index in [1.54, 1.807) is 12.2 Å². The van der Waals surface area contributed by atoms with Gasteiger partial charge in [0, 0.05) is 0 Å². The average Bonchev–Trinajstić information content (AvgIpc) is 2.53. The number of para-hydroxylation sites is 4. The first-order valence-electron chi connectivity index (χ1n) is 6.68. The summed E-state index contributed by atoms with van der Waals surface area (Å²) in [6.07, 6.45) is 3.38. The van der Waals surface area contributed by atoms with E-state index in [0.29, 0.717) is 36.2 Å². The minimum Gasteiger partial charge on any atom is -0.486 e. The summed E-state index contributed by atoms with van der Waals surface area (Å²) in [6.45, 7) is 8.14. The Morgan fingerprint density at radius 3 is 1.43 bits per heavy atom. The van der Waals surface area contributed by atoms with E-state index in [9.17, 15) is 0 Å². The molecular weight excluding hydrogens is 264 g/mol. The van der Waals surface area contributed by atoms with Crippen molar-refractivity contribution < 1.29 is 14.2 Å². The van der Waals surface area contributed by atoms with Crippen molar-refractivity contribution >= 4 is 0 Å². The van der Waals surface area contributed by atoms with Crippen LogP contribution in [0.5, 0.6) is 23.0 Å². The molecule has 3 nitrogen and oxygen atoms in total. The smallest absolute Gasteiger partial charge is 0.169 e. The van der Waals surface area contributed by atoms with E-state index in [1.807, 2.05) is 48.5 Å². The van der Waals surface area contributed by atoms with Crippen molar-refractivity contribution in [1.82, 2.24) is 0 Å². The summed E-state index contributed by atoms with van der Waals surface area (Å²) in [4.78, 5) is 0. The van der Waals surface area contributed by atoms with Crippen LogP contribution in [-0.4, -0.2) is 13.2 Å². The normalized spacial score (nSPS) is 9.71. The molecule has 0 spiro atoms. The fraction of sp³-hybridized carbons (Fsp3) is 0.111. The van der Waals surface area contributed by atoms with E-state index in [2.05, 4.69) is 13.2 Å². The number of benzene rings is 2. The zero-order valence-electron chi connectivity index (χ0n) is 11.8. The third-order valence-corrected chi connectivity index (χ3v) is 2.63. The first-order valence-corrected chi connectivity index (χ1v) is 6.68. The first kappa shape index (κ1) is 14.7. The van der Waals surface area contributed by atoms with E-state index in [0.717, 1.165) is 0 Å². The summed E-state index contributed by atoms with van der Waals surface area (Å²) in [5, 5.41) is 0. The zero-order chi connectivity index (χ0) is 14.9. The Morgan fingerprint density at radius 2 is 1.05 bits per heavy atom. The topological polar surface area (TPSA) is 27.7 Å². The third kappa shape index (κ3) is 4.14.